The second-order valence-corrected chi connectivity index (χ2v) is 7.03. The third kappa shape index (κ3) is 2.62. The summed E-state index contributed by atoms with van der Waals surface area (Å²) in [6, 6.07) is 5.96. The van der Waals surface area contributed by atoms with Gasteiger partial charge in [0, 0.05) is 17.7 Å². The van der Waals surface area contributed by atoms with E-state index in [9.17, 15) is 4.79 Å². The number of esters is 1. The lowest BCUT2D eigenvalue weighted by atomic mass is 9.63. The summed E-state index contributed by atoms with van der Waals surface area (Å²) in [5.74, 6) is 1.54. The highest BCUT2D eigenvalue weighted by atomic mass is 16.5. The van der Waals surface area contributed by atoms with E-state index in [1.165, 1.54) is 31.3 Å². The van der Waals surface area contributed by atoms with E-state index in [4.69, 9.17) is 4.74 Å². The molecule has 120 valence electrons. The number of hydrogen-bond acceptors (Lipinski definition) is 3. The Bertz CT molecular complexity index is 661. The number of carbonyl (C=O) groups is 1. The molecule has 2 aliphatic carbocycles. The number of carbonyl (C=O) groups excluding carboxylic acids is 1. The van der Waals surface area contributed by atoms with Crippen LogP contribution in [0.15, 0.2) is 41.6 Å². The third-order valence-corrected chi connectivity index (χ3v) is 5.73. The lowest BCUT2D eigenvalue weighted by Crippen LogP contribution is -2.33. The quantitative estimate of drug-likeness (QED) is 0.770. The molecule has 1 aliphatic heterocycles. The zero-order chi connectivity index (χ0) is 15.8. The Morgan fingerprint density at radius 1 is 1.26 bits per heavy atom. The predicted molar refractivity (Wildman–Crippen MR) is 89.4 cm³/mol. The summed E-state index contributed by atoms with van der Waals surface area (Å²) in [5, 5.41) is 0. The van der Waals surface area contributed by atoms with Gasteiger partial charge >= 0.3 is 5.97 Å². The van der Waals surface area contributed by atoms with Gasteiger partial charge in [0.2, 0.25) is 0 Å². The van der Waals surface area contributed by atoms with Crippen LogP contribution in [0.25, 0.3) is 6.08 Å². The van der Waals surface area contributed by atoms with E-state index in [-0.39, 0.29) is 12.1 Å². The van der Waals surface area contributed by atoms with Crippen molar-refractivity contribution in [1.29, 1.82) is 0 Å². The summed E-state index contributed by atoms with van der Waals surface area (Å²) in [6.07, 6.45) is 12.2. The molecule has 1 aromatic rings. The molecule has 0 radical (unpaired) electrons. The van der Waals surface area contributed by atoms with Crippen molar-refractivity contribution in [3.05, 3.63) is 47.3 Å². The Morgan fingerprint density at radius 3 is 2.96 bits per heavy atom. The highest BCUT2D eigenvalue weighted by molar-refractivity contribution is 5.93. The molecule has 3 aliphatic rings. The summed E-state index contributed by atoms with van der Waals surface area (Å²) in [6.45, 7) is 2.02. The average molecular weight is 309 g/mol. The van der Waals surface area contributed by atoms with Gasteiger partial charge in [-0.25, -0.2) is 4.79 Å². The van der Waals surface area contributed by atoms with Crippen molar-refractivity contribution in [2.45, 2.75) is 45.1 Å². The first kappa shape index (κ1) is 14.7. The normalized spacial score (nSPS) is 33.5. The lowest BCUT2D eigenvalue weighted by molar-refractivity contribution is -0.139. The van der Waals surface area contributed by atoms with E-state index in [2.05, 4.69) is 17.1 Å². The second-order valence-electron chi connectivity index (χ2n) is 7.03. The van der Waals surface area contributed by atoms with Crippen molar-refractivity contribution in [3.63, 3.8) is 0 Å². The van der Waals surface area contributed by atoms with Crippen molar-refractivity contribution >= 4 is 12.0 Å². The molecule has 23 heavy (non-hydrogen) atoms. The maximum absolute atomic E-state index is 12.2. The van der Waals surface area contributed by atoms with Crippen LogP contribution in [0.1, 0.15) is 44.7 Å². The fraction of sp³-hybridized carbons (Fsp3) is 0.500. The lowest BCUT2D eigenvalue weighted by Gasteiger charge is -2.40. The zero-order valence-corrected chi connectivity index (χ0v) is 13.6. The average Bonchev–Trinajstić information content (AvgIpc) is 2.87. The van der Waals surface area contributed by atoms with Gasteiger partial charge in [0.25, 0.3) is 0 Å². The molecule has 1 aromatic heterocycles. The van der Waals surface area contributed by atoms with Gasteiger partial charge in [0.05, 0.1) is 5.69 Å². The molecular formula is C20H23NO2. The SMILES string of the molecule is C[C@H]1OC(=O)C2=C1[C@@H](/C=C/c1ccccn1)[C@@H]1CCCC[C@H]1C2. The Hall–Kier alpha value is -1.90. The van der Waals surface area contributed by atoms with E-state index in [1.54, 1.807) is 0 Å². The Morgan fingerprint density at radius 2 is 2.13 bits per heavy atom. The Balaban J connectivity index is 1.70. The number of fused-ring (bicyclic) bond motifs is 1. The zero-order valence-electron chi connectivity index (χ0n) is 13.6. The van der Waals surface area contributed by atoms with E-state index in [0.717, 1.165) is 17.7 Å². The number of nitrogens with zero attached hydrogens (tertiary/aromatic N) is 1. The van der Waals surface area contributed by atoms with Gasteiger partial charge in [-0.1, -0.05) is 25.0 Å². The van der Waals surface area contributed by atoms with Crippen LogP contribution in [0.2, 0.25) is 0 Å². The van der Waals surface area contributed by atoms with E-state index in [1.807, 2.05) is 31.3 Å². The first-order valence-electron chi connectivity index (χ1n) is 8.77. The topological polar surface area (TPSA) is 39.2 Å². The fourth-order valence-corrected chi connectivity index (χ4v) is 4.71. The summed E-state index contributed by atoms with van der Waals surface area (Å²) < 4.78 is 5.53. The van der Waals surface area contributed by atoms with Crippen molar-refractivity contribution in [2.75, 3.05) is 0 Å². The van der Waals surface area contributed by atoms with Crippen LogP contribution < -0.4 is 0 Å². The van der Waals surface area contributed by atoms with Crippen LogP contribution >= 0.6 is 0 Å². The number of hydrogen-bond donors (Lipinski definition) is 0. The molecule has 0 unspecified atom stereocenters. The highest BCUT2D eigenvalue weighted by Crippen LogP contribution is 2.50. The molecule has 0 N–H and O–H groups in total. The third-order valence-electron chi connectivity index (χ3n) is 5.73. The first-order valence-corrected chi connectivity index (χ1v) is 8.77. The van der Waals surface area contributed by atoms with Gasteiger partial charge in [-0.15, -0.1) is 0 Å². The summed E-state index contributed by atoms with van der Waals surface area (Å²) in [4.78, 5) is 16.6. The molecule has 0 saturated heterocycles. The molecule has 4 rings (SSSR count). The minimum atomic E-state index is -0.0761. The Labute approximate surface area is 137 Å². The molecule has 0 spiro atoms. The van der Waals surface area contributed by atoms with Gasteiger partial charge < -0.3 is 4.74 Å². The van der Waals surface area contributed by atoms with E-state index >= 15 is 0 Å². The molecule has 0 aromatic carbocycles. The number of ether oxygens (including phenoxy) is 1. The van der Waals surface area contributed by atoms with Crippen LogP contribution in [0.3, 0.4) is 0 Å². The van der Waals surface area contributed by atoms with E-state index in [0.29, 0.717) is 17.8 Å². The fourth-order valence-electron chi connectivity index (χ4n) is 4.71. The van der Waals surface area contributed by atoms with Gasteiger partial charge in [-0.3, -0.25) is 4.98 Å². The molecule has 0 amide bonds. The maximum atomic E-state index is 12.2. The van der Waals surface area contributed by atoms with Crippen LogP contribution in [0.5, 0.6) is 0 Å². The molecule has 3 nitrogen and oxygen atoms in total. The summed E-state index contributed by atoms with van der Waals surface area (Å²) >= 11 is 0. The first-order chi connectivity index (χ1) is 11.2. The van der Waals surface area contributed by atoms with E-state index < -0.39 is 0 Å². The number of rotatable bonds is 2. The molecule has 1 saturated carbocycles. The van der Waals surface area contributed by atoms with Gasteiger partial charge in [0.1, 0.15) is 6.10 Å². The second kappa shape index (κ2) is 5.95. The molecule has 0 bridgehead atoms. The van der Waals surface area contributed by atoms with Crippen LogP contribution in [-0.2, 0) is 9.53 Å². The van der Waals surface area contributed by atoms with Gasteiger partial charge in [0.15, 0.2) is 0 Å². The number of cyclic esters (lactones) is 1. The number of pyridine rings is 1. The smallest absolute Gasteiger partial charge is 0.334 e. The van der Waals surface area contributed by atoms with Crippen molar-refractivity contribution in [2.24, 2.45) is 17.8 Å². The van der Waals surface area contributed by atoms with Gasteiger partial charge in [-0.05, 0) is 61.8 Å². The predicted octanol–water partition coefficient (Wildman–Crippen LogP) is 4.16. The number of allylic oxidation sites excluding steroid dienone is 1. The molecule has 2 heterocycles. The minimum Gasteiger partial charge on any atom is -0.455 e. The number of aromatic nitrogens is 1. The standard InChI is InChI=1S/C20H23NO2/c1-13-19-17(10-9-15-7-4-5-11-21-15)16-8-3-2-6-14(16)12-18(19)20(22)23-13/h4-5,7,9-11,13-14,16-17H,2-3,6,8,12H2,1H3/b10-9+/t13-,14+,16-,17+/m1/s1. The van der Waals surface area contributed by atoms with Crippen molar-refractivity contribution < 1.29 is 9.53 Å². The van der Waals surface area contributed by atoms with Crippen LogP contribution in [0.4, 0.5) is 0 Å². The van der Waals surface area contributed by atoms with Crippen LogP contribution in [-0.4, -0.2) is 17.1 Å². The minimum absolute atomic E-state index is 0.0706. The maximum Gasteiger partial charge on any atom is 0.334 e. The van der Waals surface area contributed by atoms with Crippen molar-refractivity contribution in [3.8, 4) is 0 Å². The van der Waals surface area contributed by atoms with Gasteiger partial charge in [-0.2, -0.15) is 0 Å². The largest absolute Gasteiger partial charge is 0.455 e. The molecule has 4 atom stereocenters. The molecule has 3 heteroatoms. The van der Waals surface area contributed by atoms with Crippen LogP contribution in [0, 0.1) is 17.8 Å². The monoisotopic (exact) mass is 309 g/mol. The highest BCUT2D eigenvalue weighted by Gasteiger charge is 2.45. The van der Waals surface area contributed by atoms with Crippen molar-refractivity contribution in [1.82, 2.24) is 4.98 Å². The Kier molecular flexibility index (Phi) is 3.80. The molecular weight excluding hydrogens is 286 g/mol. The summed E-state index contributed by atoms with van der Waals surface area (Å²) in [7, 11) is 0. The molecule has 1 fully saturated rings. The summed E-state index contributed by atoms with van der Waals surface area (Å²) in [5.41, 5.74) is 3.19.